The zero-order valence-corrected chi connectivity index (χ0v) is 15.7. The van der Waals surface area contributed by atoms with Crippen LogP contribution in [0.15, 0.2) is 28.7 Å². The lowest BCUT2D eigenvalue weighted by Gasteiger charge is -2.23. The average molecular weight is 383 g/mol. The van der Waals surface area contributed by atoms with Crippen molar-refractivity contribution >= 4 is 29.2 Å². The van der Waals surface area contributed by atoms with Crippen LogP contribution in [0.2, 0.25) is 5.02 Å². The molecule has 26 heavy (non-hydrogen) atoms. The van der Waals surface area contributed by atoms with Crippen LogP contribution >= 0.6 is 11.6 Å². The van der Waals surface area contributed by atoms with Gasteiger partial charge in [-0.1, -0.05) is 11.6 Å². The topological polar surface area (TPSA) is 71.8 Å². The van der Waals surface area contributed by atoms with E-state index in [1.807, 2.05) is 0 Å². The largest absolute Gasteiger partial charge is 0.465 e. The molecule has 0 aliphatic heterocycles. The summed E-state index contributed by atoms with van der Waals surface area (Å²) in [7, 11) is 3.01. The maximum atomic E-state index is 13.8. The molecule has 1 heterocycles. The number of anilines is 1. The molecule has 0 spiro atoms. The van der Waals surface area contributed by atoms with Gasteiger partial charge >= 0.3 is 5.97 Å². The van der Waals surface area contributed by atoms with E-state index in [-0.39, 0.29) is 12.2 Å². The molecule has 1 N–H and O–H groups in total. The molecule has 0 fully saturated rings. The van der Waals surface area contributed by atoms with Crippen molar-refractivity contribution in [3.63, 3.8) is 0 Å². The molecule has 6 nitrogen and oxygen atoms in total. The van der Waals surface area contributed by atoms with E-state index in [2.05, 4.69) is 10.1 Å². The Morgan fingerprint density at radius 2 is 2.08 bits per heavy atom. The van der Waals surface area contributed by atoms with Gasteiger partial charge in [-0.15, -0.1) is 0 Å². The lowest BCUT2D eigenvalue weighted by molar-refractivity contribution is -0.120. The first kappa shape index (κ1) is 19.9. The maximum absolute atomic E-state index is 13.8. The Morgan fingerprint density at radius 1 is 1.38 bits per heavy atom. The highest BCUT2D eigenvalue weighted by atomic mass is 35.5. The molecule has 8 heteroatoms. The van der Waals surface area contributed by atoms with Crippen LogP contribution in [0.1, 0.15) is 28.8 Å². The summed E-state index contributed by atoms with van der Waals surface area (Å²) in [5, 5.41) is 2.84. The van der Waals surface area contributed by atoms with Crippen LogP contribution in [0.3, 0.4) is 0 Å². The summed E-state index contributed by atoms with van der Waals surface area (Å²) < 4.78 is 24.0. The number of nitrogens with zero attached hydrogens (tertiary/aromatic N) is 1. The number of nitrogens with one attached hydrogen (secondary N) is 1. The third kappa shape index (κ3) is 4.62. The van der Waals surface area contributed by atoms with Crippen LogP contribution in [0.5, 0.6) is 0 Å². The second-order valence-electron chi connectivity index (χ2n) is 5.88. The first-order valence-corrected chi connectivity index (χ1v) is 8.24. The summed E-state index contributed by atoms with van der Waals surface area (Å²) in [5.74, 6) is -0.494. The SMILES string of the molecule is COC(=O)c1cc(CN(C)C(C)C(=O)Nc2cc(Cl)ccc2F)oc1C. The number of aryl methyl sites for hydroxylation is 1. The number of rotatable bonds is 6. The van der Waals surface area contributed by atoms with Gasteiger partial charge in [0.2, 0.25) is 5.91 Å². The number of carbonyl (C=O) groups excluding carboxylic acids is 2. The fourth-order valence-corrected chi connectivity index (χ4v) is 2.52. The minimum absolute atomic E-state index is 0.0181. The zero-order valence-electron chi connectivity index (χ0n) is 14.9. The zero-order chi connectivity index (χ0) is 19.4. The van der Waals surface area contributed by atoms with Gasteiger partial charge in [0.05, 0.1) is 25.4 Å². The molecule has 1 atom stereocenters. The maximum Gasteiger partial charge on any atom is 0.341 e. The number of hydrogen-bond donors (Lipinski definition) is 1. The van der Waals surface area contributed by atoms with E-state index in [0.717, 1.165) is 0 Å². The smallest absolute Gasteiger partial charge is 0.341 e. The van der Waals surface area contributed by atoms with E-state index >= 15 is 0 Å². The molecular formula is C18H20ClFN2O4. The standard InChI is InChI=1S/C18H20ClFN2O4/c1-10(17(23)21-16-7-12(19)5-6-15(16)20)22(3)9-13-8-14(11(2)26-13)18(24)25-4/h5-8,10H,9H2,1-4H3,(H,21,23). The molecule has 0 radical (unpaired) electrons. The van der Waals surface area contributed by atoms with Crippen LogP contribution in [0.25, 0.3) is 0 Å². The van der Waals surface area contributed by atoms with E-state index < -0.39 is 23.7 Å². The van der Waals surface area contributed by atoms with Gasteiger partial charge in [0, 0.05) is 5.02 Å². The second kappa shape index (κ2) is 8.33. The van der Waals surface area contributed by atoms with E-state index in [9.17, 15) is 14.0 Å². The predicted molar refractivity (Wildman–Crippen MR) is 95.8 cm³/mol. The van der Waals surface area contributed by atoms with Crippen LogP contribution < -0.4 is 5.32 Å². The number of esters is 1. The quantitative estimate of drug-likeness (QED) is 0.772. The third-order valence-electron chi connectivity index (χ3n) is 4.01. The summed E-state index contributed by atoms with van der Waals surface area (Å²) in [6.07, 6.45) is 0. The van der Waals surface area contributed by atoms with Crippen LogP contribution in [-0.4, -0.2) is 37.0 Å². The van der Waals surface area contributed by atoms with Gasteiger partial charge in [-0.2, -0.15) is 0 Å². The van der Waals surface area contributed by atoms with E-state index in [1.54, 1.807) is 31.9 Å². The fraction of sp³-hybridized carbons (Fsp3) is 0.333. The number of carbonyl (C=O) groups is 2. The van der Waals surface area contributed by atoms with Crippen molar-refractivity contribution in [1.82, 2.24) is 4.90 Å². The van der Waals surface area contributed by atoms with Crippen LogP contribution in [-0.2, 0) is 16.1 Å². The fourth-order valence-electron chi connectivity index (χ4n) is 2.35. The van der Waals surface area contributed by atoms with Crippen molar-refractivity contribution < 1.29 is 23.1 Å². The van der Waals surface area contributed by atoms with Gasteiger partial charge in [-0.25, -0.2) is 9.18 Å². The molecule has 0 saturated carbocycles. The number of likely N-dealkylation sites (N-methyl/N-ethyl adjacent to an activating group) is 1. The Balaban J connectivity index is 2.04. The van der Waals surface area contributed by atoms with Crippen molar-refractivity contribution in [2.75, 3.05) is 19.5 Å². The van der Waals surface area contributed by atoms with Gasteiger partial charge in [-0.05, 0) is 45.2 Å². The number of hydrogen-bond acceptors (Lipinski definition) is 5. The summed E-state index contributed by atoms with van der Waals surface area (Å²) in [5.41, 5.74) is 0.360. The first-order valence-electron chi connectivity index (χ1n) is 7.86. The van der Waals surface area contributed by atoms with Crippen molar-refractivity contribution in [2.45, 2.75) is 26.4 Å². The van der Waals surface area contributed by atoms with Crippen LogP contribution in [0, 0.1) is 12.7 Å². The number of methoxy groups -OCH3 is 1. The Labute approximate surface area is 155 Å². The Kier molecular flexibility index (Phi) is 6.39. The van der Waals surface area contributed by atoms with Gasteiger partial charge in [-0.3, -0.25) is 9.69 Å². The molecule has 1 unspecified atom stereocenters. The van der Waals surface area contributed by atoms with E-state index in [1.165, 1.54) is 25.3 Å². The molecule has 0 aliphatic rings. The molecule has 2 rings (SSSR count). The summed E-state index contributed by atoms with van der Waals surface area (Å²) in [6, 6.07) is 4.94. The number of halogens is 2. The van der Waals surface area contributed by atoms with Gasteiger partial charge in [0.15, 0.2) is 0 Å². The van der Waals surface area contributed by atoms with Crippen LogP contribution in [0.4, 0.5) is 10.1 Å². The van der Waals surface area contributed by atoms with E-state index in [4.69, 9.17) is 16.0 Å². The minimum Gasteiger partial charge on any atom is -0.465 e. The highest BCUT2D eigenvalue weighted by Gasteiger charge is 2.22. The number of benzene rings is 1. The first-order chi connectivity index (χ1) is 12.2. The van der Waals surface area contributed by atoms with Crippen molar-refractivity contribution in [3.05, 3.63) is 52.2 Å². The molecular weight excluding hydrogens is 363 g/mol. The Morgan fingerprint density at radius 3 is 2.73 bits per heavy atom. The average Bonchev–Trinajstić information content (AvgIpc) is 2.96. The minimum atomic E-state index is -0.583. The lowest BCUT2D eigenvalue weighted by Crippen LogP contribution is -2.39. The van der Waals surface area contributed by atoms with Crippen molar-refractivity contribution in [2.24, 2.45) is 0 Å². The summed E-state index contributed by atoms with van der Waals surface area (Å²) in [6.45, 7) is 3.62. The molecule has 1 aromatic heterocycles. The molecule has 0 saturated heterocycles. The molecule has 2 aromatic rings. The predicted octanol–water partition coefficient (Wildman–Crippen LogP) is 3.63. The number of amides is 1. The summed E-state index contributed by atoms with van der Waals surface area (Å²) in [4.78, 5) is 25.7. The molecule has 140 valence electrons. The van der Waals surface area contributed by atoms with Gasteiger partial charge < -0.3 is 14.5 Å². The number of furan rings is 1. The van der Waals surface area contributed by atoms with Crippen molar-refractivity contribution in [3.8, 4) is 0 Å². The van der Waals surface area contributed by atoms with E-state index in [0.29, 0.717) is 22.1 Å². The summed E-state index contributed by atoms with van der Waals surface area (Å²) >= 11 is 5.83. The molecule has 0 bridgehead atoms. The van der Waals surface area contributed by atoms with Gasteiger partial charge in [0.25, 0.3) is 0 Å². The molecule has 0 aliphatic carbocycles. The Bertz CT molecular complexity index is 822. The third-order valence-corrected chi connectivity index (χ3v) is 4.24. The van der Waals surface area contributed by atoms with Gasteiger partial charge in [0.1, 0.15) is 22.9 Å². The molecule has 1 aromatic carbocycles. The molecule has 1 amide bonds. The Hall–Kier alpha value is -2.38. The second-order valence-corrected chi connectivity index (χ2v) is 6.32. The normalized spacial score (nSPS) is 12.1. The van der Waals surface area contributed by atoms with Crippen molar-refractivity contribution in [1.29, 1.82) is 0 Å². The lowest BCUT2D eigenvalue weighted by atomic mass is 10.2. The number of ether oxygens (including phenoxy) is 1. The monoisotopic (exact) mass is 382 g/mol. The highest BCUT2D eigenvalue weighted by Crippen LogP contribution is 2.21. The highest BCUT2D eigenvalue weighted by molar-refractivity contribution is 6.30.